The van der Waals surface area contributed by atoms with E-state index in [2.05, 4.69) is 42.5 Å². The Kier molecular flexibility index (Phi) is 3.55. The minimum absolute atomic E-state index is 0.445. The predicted molar refractivity (Wildman–Crippen MR) is 85.6 cm³/mol. The second kappa shape index (κ2) is 5.49. The van der Waals surface area contributed by atoms with Crippen LogP contribution in [0.1, 0.15) is 0 Å². The van der Waals surface area contributed by atoms with Crippen molar-refractivity contribution in [3.05, 3.63) is 52.5 Å². The largest absolute Gasteiger partial charge is 0.383 e. The molecule has 0 aliphatic rings. The lowest BCUT2D eigenvalue weighted by Crippen LogP contribution is -2.03. The van der Waals surface area contributed by atoms with Gasteiger partial charge in [0, 0.05) is 18.0 Å². The van der Waals surface area contributed by atoms with Gasteiger partial charge >= 0.3 is 0 Å². The summed E-state index contributed by atoms with van der Waals surface area (Å²) in [5.74, 6) is 0.926. The number of halogens is 1. The second-order valence-corrected chi connectivity index (χ2v) is 5.13. The minimum Gasteiger partial charge on any atom is -0.383 e. The Morgan fingerprint density at radius 3 is 2.50 bits per heavy atom. The smallest absolute Gasteiger partial charge is 0.182 e. The molecule has 0 spiro atoms. The van der Waals surface area contributed by atoms with Crippen LogP contribution in [-0.4, -0.2) is 19.9 Å². The van der Waals surface area contributed by atoms with Crippen molar-refractivity contribution in [2.45, 2.75) is 0 Å². The van der Waals surface area contributed by atoms with Crippen LogP contribution in [0.4, 0.5) is 5.82 Å². The third-order valence-corrected chi connectivity index (χ3v) is 3.78. The highest BCUT2D eigenvalue weighted by atomic mass is 127. The molecule has 0 saturated carbocycles. The van der Waals surface area contributed by atoms with E-state index >= 15 is 0 Å². The molecule has 2 aromatic heterocycles. The number of nitrogens with zero attached hydrogens (tertiary/aromatic N) is 4. The molecule has 0 aliphatic carbocycles. The molecule has 2 N–H and O–H groups in total. The summed E-state index contributed by atoms with van der Waals surface area (Å²) in [4.78, 5) is 17.1. The van der Waals surface area contributed by atoms with E-state index in [-0.39, 0.29) is 0 Å². The molecule has 0 amide bonds. The lowest BCUT2D eigenvalue weighted by atomic mass is 10.1. The van der Waals surface area contributed by atoms with Crippen LogP contribution >= 0.6 is 22.6 Å². The molecule has 0 fully saturated rings. The molecule has 0 aliphatic heterocycles. The van der Waals surface area contributed by atoms with Gasteiger partial charge in [-0.1, -0.05) is 30.3 Å². The summed E-state index contributed by atoms with van der Waals surface area (Å²) in [6, 6.07) is 9.87. The summed E-state index contributed by atoms with van der Waals surface area (Å²) in [5.41, 5.74) is 8.40. The molecular weight excluding hydrogens is 365 g/mol. The molecule has 0 unspecified atom stereocenters. The van der Waals surface area contributed by atoms with E-state index in [1.54, 1.807) is 18.6 Å². The third kappa shape index (κ3) is 2.46. The summed E-state index contributed by atoms with van der Waals surface area (Å²) in [6.07, 6.45) is 4.84. The topological polar surface area (TPSA) is 77.6 Å². The zero-order valence-electron chi connectivity index (χ0n) is 10.4. The van der Waals surface area contributed by atoms with E-state index in [1.807, 2.05) is 30.3 Å². The molecule has 2 heterocycles. The second-order valence-electron chi connectivity index (χ2n) is 4.05. The Morgan fingerprint density at radius 1 is 1.00 bits per heavy atom. The van der Waals surface area contributed by atoms with Crippen LogP contribution in [0.2, 0.25) is 0 Å². The zero-order valence-corrected chi connectivity index (χ0v) is 12.5. The number of hydrogen-bond donors (Lipinski definition) is 1. The van der Waals surface area contributed by atoms with Crippen LogP contribution in [0.15, 0.2) is 48.9 Å². The van der Waals surface area contributed by atoms with Gasteiger partial charge in [0.1, 0.15) is 11.5 Å². The Morgan fingerprint density at radius 2 is 1.80 bits per heavy atom. The molecule has 6 heteroatoms. The van der Waals surface area contributed by atoms with Crippen molar-refractivity contribution in [1.29, 1.82) is 0 Å². The van der Waals surface area contributed by atoms with Crippen LogP contribution in [-0.2, 0) is 0 Å². The maximum Gasteiger partial charge on any atom is 0.182 e. The van der Waals surface area contributed by atoms with Crippen LogP contribution in [0.5, 0.6) is 0 Å². The Balaban J connectivity index is 2.19. The summed E-state index contributed by atoms with van der Waals surface area (Å²) in [7, 11) is 0. The maximum atomic E-state index is 5.99. The number of benzene rings is 1. The fourth-order valence-electron chi connectivity index (χ4n) is 1.78. The molecule has 20 heavy (non-hydrogen) atoms. The van der Waals surface area contributed by atoms with E-state index in [0.29, 0.717) is 17.3 Å². The fourth-order valence-corrected chi connectivity index (χ4v) is 2.33. The van der Waals surface area contributed by atoms with Crippen LogP contribution in [0.3, 0.4) is 0 Å². The molecule has 5 nitrogen and oxygen atoms in total. The molecule has 0 atom stereocenters. The van der Waals surface area contributed by atoms with Gasteiger partial charge in [0.25, 0.3) is 0 Å². The van der Waals surface area contributed by atoms with Crippen molar-refractivity contribution < 1.29 is 0 Å². The Labute approximate surface area is 129 Å². The van der Waals surface area contributed by atoms with E-state index in [1.165, 1.54) is 0 Å². The SMILES string of the molecule is Nc1nc(-c2cnccn2)nc(-c2ccccc2)c1I. The average molecular weight is 375 g/mol. The van der Waals surface area contributed by atoms with Gasteiger partial charge in [0.2, 0.25) is 0 Å². The number of rotatable bonds is 2. The Hall–Kier alpha value is -2.09. The predicted octanol–water partition coefficient (Wildman–Crippen LogP) is 2.79. The number of nitrogens with two attached hydrogens (primary N) is 1. The molecule has 3 aromatic rings. The van der Waals surface area contributed by atoms with Gasteiger partial charge in [-0.3, -0.25) is 4.98 Å². The molecule has 0 radical (unpaired) electrons. The first kappa shape index (κ1) is 12.9. The summed E-state index contributed by atoms with van der Waals surface area (Å²) in [5, 5.41) is 0. The first-order chi connectivity index (χ1) is 9.75. The summed E-state index contributed by atoms with van der Waals surface area (Å²) >= 11 is 2.16. The van der Waals surface area contributed by atoms with Gasteiger partial charge in [-0.05, 0) is 22.6 Å². The molecule has 3 rings (SSSR count). The van der Waals surface area contributed by atoms with Crippen molar-refractivity contribution in [2.24, 2.45) is 0 Å². The minimum atomic E-state index is 0.445. The lowest BCUT2D eigenvalue weighted by Gasteiger charge is -2.08. The quantitative estimate of drug-likeness (QED) is 0.697. The molecule has 0 bridgehead atoms. The fraction of sp³-hybridized carbons (Fsp3) is 0. The normalized spacial score (nSPS) is 10.4. The molecular formula is C14H10IN5. The van der Waals surface area contributed by atoms with E-state index in [4.69, 9.17) is 5.73 Å². The number of aromatic nitrogens is 4. The molecule has 98 valence electrons. The van der Waals surface area contributed by atoms with Gasteiger partial charge in [0.15, 0.2) is 5.82 Å². The van der Waals surface area contributed by atoms with E-state index < -0.39 is 0 Å². The van der Waals surface area contributed by atoms with Gasteiger partial charge in [-0.15, -0.1) is 0 Å². The van der Waals surface area contributed by atoms with Gasteiger partial charge < -0.3 is 5.73 Å². The first-order valence-electron chi connectivity index (χ1n) is 5.90. The number of nitrogen functional groups attached to an aromatic ring is 1. The zero-order chi connectivity index (χ0) is 13.9. The first-order valence-corrected chi connectivity index (χ1v) is 6.98. The van der Waals surface area contributed by atoms with Gasteiger partial charge in [-0.2, -0.15) is 0 Å². The van der Waals surface area contributed by atoms with Crippen molar-refractivity contribution in [3.8, 4) is 22.8 Å². The van der Waals surface area contributed by atoms with Gasteiger partial charge in [-0.25, -0.2) is 15.0 Å². The summed E-state index contributed by atoms with van der Waals surface area (Å²) < 4.78 is 0.835. The van der Waals surface area contributed by atoms with Crippen LogP contribution in [0, 0.1) is 3.57 Å². The van der Waals surface area contributed by atoms with Gasteiger partial charge in [0.05, 0.1) is 15.5 Å². The summed E-state index contributed by atoms with van der Waals surface area (Å²) in [6.45, 7) is 0. The number of hydrogen-bond acceptors (Lipinski definition) is 5. The molecule has 0 saturated heterocycles. The molecule has 1 aromatic carbocycles. The monoisotopic (exact) mass is 375 g/mol. The van der Waals surface area contributed by atoms with Crippen molar-refractivity contribution in [1.82, 2.24) is 19.9 Å². The highest BCUT2D eigenvalue weighted by Gasteiger charge is 2.13. The van der Waals surface area contributed by atoms with Crippen molar-refractivity contribution in [2.75, 3.05) is 5.73 Å². The Bertz CT molecular complexity index is 731. The highest BCUT2D eigenvalue weighted by molar-refractivity contribution is 14.1. The highest BCUT2D eigenvalue weighted by Crippen LogP contribution is 2.28. The van der Waals surface area contributed by atoms with Crippen molar-refractivity contribution in [3.63, 3.8) is 0 Å². The standard InChI is InChI=1S/C14H10IN5/c15-11-12(9-4-2-1-3-5-9)19-14(20-13(11)16)10-8-17-6-7-18-10/h1-8H,(H2,16,19,20). The van der Waals surface area contributed by atoms with Crippen LogP contribution in [0.25, 0.3) is 22.8 Å². The van der Waals surface area contributed by atoms with E-state index in [0.717, 1.165) is 14.8 Å². The maximum absolute atomic E-state index is 5.99. The third-order valence-electron chi connectivity index (χ3n) is 2.72. The number of anilines is 1. The van der Waals surface area contributed by atoms with Crippen molar-refractivity contribution >= 4 is 28.4 Å². The lowest BCUT2D eigenvalue weighted by molar-refractivity contribution is 1.11. The average Bonchev–Trinajstić information content (AvgIpc) is 2.51. The van der Waals surface area contributed by atoms with Crippen LogP contribution < -0.4 is 5.73 Å². The van der Waals surface area contributed by atoms with E-state index in [9.17, 15) is 0 Å².